The first-order chi connectivity index (χ1) is 13.1. The summed E-state index contributed by atoms with van der Waals surface area (Å²) in [5.41, 5.74) is 9.47. The van der Waals surface area contributed by atoms with Gasteiger partial charge in [0.1, 0.15) is 12.7 Å². The predicted molar refractivity (Wildman–Crippen MR) is 105 cm³/mol. The van der Waals surface area contributed by atoms with E-state index in [9.17, 15) is 4.79 Å². The highest BCUT2D eigenvalue weighted by molar-refractivity contribution is 6.30. The van der Waals surface area contributed by atoms with Gasteiger partial charge < -0.3 is 15.5 Å². The Morgan fingerprint density at radius 1 is 1.00 bits per heavy atom. The van der Waals surface area contributed by atoms with Crippen LogP contribution in [0.3, 0.4) is 0 Å². The van der Waals surface area contributed by atoms with Crippen molar-refractivity contribution < 1.29 is 4.79 Å². The zero-order chi connectivity index (χ0) is 18.8. The number of benzene rings is 2. The minimum Gasteiger partial charge on any atom is -0.397 e. The van der Waals surface area contributed by atoms with Gasteiger partial charge in [-0.2, -0.15) is 0 Å². The number of rotatable bonds is 3. The maximum Gasteiger partial charge on any atom is 0.254 e. The first kappa shape index (κ1) is 17.4. The third-order valence-electron chi connectivity index (χ3n) is 4.71. The smallest absolute Gasteiger partial charge is 0.254 e. The number of amides is 1. The zero-order valence-corrected chi connectivity index (χ0v) is 15.4. The number of carbonyl (C=O) groups is 1. The molecule has 8 heteroatoms. The summed E-state index contributed by atoms with van der Waals surface area (Å²) in [6, 6.07) is 13.0. The molecule has 7 nitrogen and oxygen atoms in total. The Morgan fingerprint density at radius 3 is 2.41 bits per heavy atom. The minimum atomic E-state index is 0.00748. The number of aromatic nitrogens is 3. The lowest BCUT2D eigenvalue weighted by Gasteiger charge is -2.36. The van der Waals surface area contributed by atoms with E-state index in [0.29, 0.717) is 29.4 Å². The molecule has 1 aliphatic heterocycles. The molecule has 0 bridgehead atoms. The van der Waals surface area contributed by atoms with Gasteiger partial charge in [-0.25, -0.2) is 0 Å². The molecule has 1 amide bonds. The molecule has 3 aromatic rings. The average Bonchev–Trinajstić information content (AvgIpc) is 3.22. The summed E-state index contributed by atoms with van der Waals surface area (Å²) in [6.07, 6.45) is 3.27. The van der Waals surface area contributed by atoms with E-state index in [2.05, 4.69) is 15.1 Å². The van der Waals surface area contributed by atoms with Crippen molar-refractivity contribution in [1.82, 2.24) is 19.7 Å². The molecule has 2 N–H and O–H groups in total. The number of nitrogens with zero attached hydrogens (tertiary/aromatic N) is 5. The molecule has 0 saturated carbocycles. The maximum absolute atomic E-state index is 12.6. The van der Waals surface area contributed by atoms with Gasteiger partial charge in [0.05, 0.1) is 17.1 Å². The van der Waals surface area contributed by atoms with Gasteiger partial charge in [-0.15, -0.1) is 10.2 Å². The van der Waals surface area contributed by atoms with Crippen LogP contribution in [0.5, 0.6) is 0 Å². The van der Waals surface area contributed by atoms with Crippen LogP contribution in [0.25, 0.3) is 5.69 Å². The predicted octanol–water partition coefficient (Wildman–Crippen LogP) is 2.47. The van der Waals surface area contributed by atoms with Crippen molar-refractivity contribution in [3.8, 4) is 5.69 Å². The second kappa shape index (κ2) is 7.28. The number of hydrogen-bond acceptors (Lipinski definition) is 5. The summed E-state index contributed by atoms with van der Waals surface area (Å²) in [6.45, 7) is 2.72. The number of nitrogen functional groups attached to an aromatic ring is 1. The van der Waals surface area contributed by atoms with Crippen LogP contribution >= 0.6 is 11.6 Å². The molecule has 2 aromatic carbocycles. The van der Waals surface area contributed by atoms with Crippen LogP contribution in [-0.2, 0) is 0 Å². The number of halogens is 1. The monoisotopic (exact) mass is 382 g/mol. The molecule has 1 aliphatic rings. The van der Waals surface area contributed by atoms with Gasteiger partial charge in [-0.05, 0) is 36.4 Å². The van der Waals surface area contributed by atoms with E-state index in [1.165, 1.54) is 0 Å². The Balaban J connectivity index is 1.44. The van der Waals surface area contributed by atoms with E-state index in [4.69, 9.17) is 17.3 Å². The summed E-state index contributed by atoms with van der Waals surface area (Å²) < 4.78 is 1.81. The van der Waals surface area contributed by atoms with E-state index in [1.54, 1.807) is 36.9 Å². The van der Waals surface area contributed by atoms with Gasteiger partial charge in [0.2, 0.25) is 0 Å². The summed E-state index contributed by atoms with van der Waals surface area (Å²) in [7, 11) is 0. The van der Waals surface area contributed by atoms with E-state index in [-0.39, 0.29) is 5.91 Å². The lowest BCUT2D eigenvalue weighted by molar-refractivity contribution is 0.0747. The zero-order valence-electron chi connectivity index (χ0n) is 14.6. The van der Waals surface area contributed by atoms with Crippen molar-refractivity contribution in [2.24, 2.45) is 0 Å². The fraction of sp³-hybridized carbons (Fsp3) is 0.211. The highest BCUT2D eigenvalue weighted by atomic mass is 35.5. The number of carbonyl (C=O) groups excluding carboxylic acids is 1. The van der Waals surface area contributed by atoms with E-state index in [0.717, 1.165) is 24.5 Å². The van der Waals surface area contributed by atoms with Crippen molar-refractivity contribution >= 4 is 28.9 Å². The normalized spacial score (nSPS) is 14.4. The molecule has 0 unspecified atom stereocenters. The molecule has 2 heterocycles. The van der Waals surface area contributed by atoms with Gasteiger partial charge in [-0.1, -0.05) is 17.7 Å². The third kappa shape index (κ3) is 3.59. The van der Waals surface area contributed by atoms with Crippen LogP contribution in [0.1, 0.15) is 10.4 Å². The van der Waals surface area contributed by atoms with Crippen LogP contribution in [-0.4, -0.2) is 51.8 Å². The molecule has 27 heavy (non-hydrogen) atoms. The first-order valence-electron chi connectivity index (χ1n) is 8.66. The first-order valence-corrected chi connectivity index (χ1v) is 9.04. The molecule has 0 radical (unpaired) electrons. The molecule has 1 aromatic heterocycles. The Hall–Kier alpha value is -3.06. The maximum atomic E-state index is 12.6. The number of piperazine rings is 1. The summed E-state index contributed by atoms with van der Waals surface area (Å²) >= 11 is 6.00. The number of nitrogens with two attached hydrogens (primary N) is 1. The van der Waals surface area contributed by atoms with Crippen LogP contribution < -0.4 is 10.6 Å². The molecule has 1 saturated heterocycles. The van der Waals surface area contributed by atoms with Crippen LogP contribution in [0.15, 0.2) is 55.1 Å². The lowest BCUT2D eigenvalue weighted by atomic mass is 10.1. The quantitative estimate of drug-likeness (QED) is 0.704. The van der Waals surface area contributed by atoms with Crippen molar-refractivity contribution in [2.75, 3.05) is 36.8 Å². The van der Waals surface area contributed by atoms with E-state index in [1.807, 2.05) is 27.7 Å². The topological polar surface area (TPSA) is 80.3 Å². The fourth-order valence-electron chi connectivity index (χ4n) is 3.28. The van der Waals surface area contributed by atoms with Crippen molar-refractivity contribution in [2.45, 2.75) is 0 Å². The SMILES string of the molecule is Nc1cc(-n2cnnc2)ccc1N1CCN(C(=O)c2cccc(Cl)c2)CC1. The second-order valence-electron chi connectivity index (χ2n) is 6.40. The van der Waals surface area contributed by atoms with Gasteiger partial charge >= 0.3 is 0 Å². The third-order valence-corrected chi connectivity index (χ3v) is 4.94. The minimum absolute atomic E-state index is 0.00748. The van der Waals surface area contributed by atoms with Crippen LogP contribution in [0.4, 0.5) is 11.4 Å². The number of anilines is 2. The van der Waals surface area contributed by atoms with Gasteiger partial charge in [-0.3, -0.25) is 9.36 Å². The summed E-state index contributed by atoms with van der Waals surface area (Å²) in [5.74, 6) is 0.00748. The molecule has 1 fully saturated rings. The molecule has 0 atom stereocenters. The number of hydrogen-bond donors (Lipinski definition) is 1. The Kier molecular flexibility index (Phi) is 4.68. The van der Waals surface area contributed by atoms with Gasteiger partial charge in [0.15, 0.2) is 0 Å². The lowest BCUT2D eigenvalue weighted by Crippen LogP contribution is -2.49. The van der Waals surface area contributed by atoms with Crippen LogP contribution in [0, 0.1) is 0 Å². The Morgan fingerprint density at radius 2 is 1.74 bits per heavy atom. The van der Waals surface area contributed by atoms with Gasteiger partial charge in [0, 0.05) is 36.8 Å². The van der Waals surface area contributed by atoms with E-state index < -0.39 is 0 Å². The molecular weight excluding hydrogens is 364 g/mol. The van der Waals surface area contributed by atoms with Crippen molar-refractivity contribution in [3.63, 3.8) is 0 Å². The molecule has 0 aliphatic carbocycles. The summed E-state index contributed by atoms with van der Waals surface area (Å²) in [4.78, 5) is 16.7. The van der Waals surface area contributed by atoms with E-state index >= 15 is 0 Å². The average molecular weight is 383 g/mol. The molecule has 138 valence electrons. The molecule has 0 spiro atoms. The molecule has 4 rings (SSSR count). The Bertz CT molecular complexity index is 951. The van der Waals surface area contributed by atoms with Crippen molar-refractivity contribution in [1.29, 1.82) is 0 Å². The van der Waals surface area contributed by atoms with Crippen LogP contribution in [0.2, 0.25) is 5.02 Å². The second-order valence-corrected chi connectivity index (χ2v) is 6.84. The fourth-order valence-corrected chi connectivity index (χ4v) is 3.47. The summed E-state index contributed by atoms with van der Waals surface area (Å²) in [5, 5.41) is 8.19. The Labute approximate surface area is 162 Å². The standard InChI is InChI=1S/C19H19ClN6O/c20-15-3-1-2-14(10-15)19(27)25-8-6-24(7-9-25)18-5-4-16(11-17(18)21)26-12-22-23-13-26/h1-5,10-13H,6-9,21H2. The highest BCUT2D eigenvalue weighted by Gasteiger charge is 2.23. The van der Waals surface area contributed by atoms with Gasteiger partial charge in [0.25, 0.3) is 5.91 Å². The molecular formula is C19H19ClN6O. The van der Waals surface area contributed by atoms with Crippen molar-refractivity contribution in [3.05, 3.63) is 65.7 Å². The largest absolute Gasteiger partial charge is 0.397 e. The highest BCUT2D eigenvalue weighted by Crippen LogP contribution is 2.27.